The third kappa shape index (κ3) is 3.79. The summed E-state index contributed by atoms with van der Waals surface area (Å²) in [5.41, 5.74) is 7.96. The molecule has 0 aliphatic carbocycles. The van der Waals surface area contributed by atoms with E-state index >= 15 is 0 Å². The van der Waals surface area contributed by atoms with E-state index in [-0.39, 0.29) is 29.9 Å². The Hall–Kier alpha value is -2.90. The molecule has 2 fully saturated rings. The fourth-order valence-electron chi connectivity index (χ4n) is 4.63. The molecule has 0 saturated carbocycles. The molecule has 0 bridgehead atoms. The number of rotatable bonds is 5. The van der Waals surface area contributed by atoms with Crippen LogP contribution >= 0.6 is 0 Å². The van der Waals surface area contributed by atoms with Crippen LogP contribution in [0.2, 0.25) is 0 Å². The molecule has 0 aromatic heterocycles. The van der Waals surface area contributed by atoms with E-state index in [0.29, 0.717) is 18.7 Å². The second-order valence-electron chi connectivity index (χ2n) is 8.43. The number of nitrogens with one attached hydrogen (secondary N) is 3. The van der Waals surface area contributed by atoms with E-state index in [1.165, 1.54) is 5.56 Å². The van der Waals surface area contributed by atoms with Gasteiger partial charge >= 0.3 is 0 Å². The third-order valence-corrected chi connectivity index (χ3v) is 6.49. The number of amides is 2. The number of carbonyl (C=O) groups excluding carboxylic acids is 2. The van der Waals surface area contributed by atoms with Crippen LogP contribution in [0.3, 0.4) is 0 Å². The molecule has 5 rings (SSSR count). The second kappa shape index (κ2) is 8.32. The first kappa shape index (κ1) is 20.0. The van der Waals surface area contributed by atoms with E-state index < -0.39 is 0 Å². The Morgan fingerprint density at radius 2 is 2.06 bits per heavy atom. The Labute approximate surface area is 182 Å². The zero-order chi connectivity index (χ0) is 21.4. The Morgan fingerprint density at radius 3 is 2.81 bits per heavy atom. The quantitative estimate of drug-likeness (QED) is 0.693. The number of aryl methyl sites for hydroxylation is 1. The van der Waals surface area contributed by atoms with Gasteiger partial charge in [0.2, 0.25) is 5.91 Å². The molecule has 162 valence electrons. The molecule has 3 aliphatic heterocycles. The topological polar surface area (TPSA) is 82.7 Å². The van der Waals surface area contributed by atoms with Gasteiger partial charge in [-0.25, -0.2) is 10.4 Å². The number of fused-ring (bicyclic) bond motifs is 3. The summed E-state index contributed by atoms with van der Waals surface area (Å²) in [5, 5.41) is 7.99. The number of benzene rings is 2. The van der Waals surface area contributed by atoms with Gasteiger partial charge in [0.15, 0.2) is 0 Å². The number of hydrogen-bond donors (Lipinski definition) is 3. The van der Waals surface area contributed by atoms with Crippen molar-refractivity contribution in [3.05, 3.63) is 59.2 Å². The normalized spacial score (nSPS) is 24.5. The van der Waals surface area contributed by atoms with Crippen LogP contribution in [0.15, 0.2) is 42.5 Å². The van der Waals surface area contributed by atoms with Gasteiger partial charge in [0, 0.05) is 30.9 Å². The van der Waals surface area contributed by atoms with Gasteiger partial charge < -0.3 is 15.4 Å². The lowest BCUT2D eigenvalue weighted by Gasteiger charge is -2.27. The minimum atomic E-state index is -0.219. The van der Waals surface area contributed by atoms with Crippen LogP contribution in [0.4, 0.5) is 11.4 Å². The molecule has 0 spiro atoms. The summed E-state index contributed by atoms with van der Waals surface area (Å²) in [5.74, 6) is -0.291. The second-order valence-corrected chi connectivity index (χ2v) is 8.43. The highest BCUT2D eigenvalue weighted by molar-refractivity contribution is 5.99. The van der Waals surface area contributed by atoms with Gasteiger partial charge in [-0.3, -0.25) is 9.59 Å². The van der Waals surface area contributed by atoms with Crippen molar-refractivity contribution in [2.45, 2.75) is 38.3 Å². The zero-order valence-corrected chi connectivity index (χ0v) is 17.7. The largest absolute Gasteiger partial charge is 0.384 e. The number of anilines is 2. The zero-order valence-electron chi connectivity index (χ0n) is 17.7. The molecule has 3 N–H and O–H groups in total. The lowest BCUT2D eigenvalue weighted by molar-refractivity contribution is -0.120. The Balaban J connectivity index is 1.35. The van der Waals surface area contributed by atoms with Gasteiger partial charge in [-0.05, 0) is 60.7 Å². The Morgan fingerprint density at radius 1 is 1.23 bits per heavy atom. The van der Waals surface area contributed by atoms with Crippen molar-refractivity contribution in [1.82, 2.24) is 10.7 Å². The van der Waals surface area contributed by atoms with Gasteiger partial charge in [0.25, 0.3) is 5.91 Å². The van der Waals surface area contributed by atoms with Crippen LogP contribution in [-0.2, 0) is 16.0 Å². The molecule has 7 nitrogen and oxygen atoms in total. The van der Waals surface area contributed by atoms with Crippen LogP contribution in [0, 0.1) is 5.92 Å². The highest BCUT2D eigenvalue weighted by atomic mass is 16.5. The molecule has 3 atom stereocenters. The predicted octanol–water partition coefficient (Wildman–Crippen LogP) is 2.79. The molecule has 3 unspecified atom stereocenters. The molecule has 31 heavy (non-hydrogen) atoms. The van der Waals surface area contributed by atoms with Crippen molar-refractivity contribution >= 4 is 23.2 Å². The van der Waals surface area contributed by atoms with Crippen molar-refractivity contribution < 1.29 is 14.3 Å². The summed E-state index contributed by atoms with van der Waals surface area (Å²) in [6.45, 7) is 3.97. The summed E-state index contributed by atoms with van der Waals surface area (Å²) >= 11 is 0. The first-order valence-corrected chi connectivity index (χ1v) is 11.1. The number of carbonyl (C=O) groups is 2. The highest BCUT2D eigenvalue weighted by Gasteiger charge is 2.44. The van der Waals surface area contributed by atoms with E-state index in [4.69, 9.17) is 4.74 Å². The fraction of sp³-hybridized carbons (Fsp3) is 0.417. The molecule has 3 aliphatic rings. The van der Waals surface area contributed by atoms with Crippen LogP contribution in [0.25, 0.3) is 0 Å². The average molecular weight is 421 g/mol. The predicted molar refractivity (Wildman–Crippen MR) is 119 cm³/mol. The lowest BCUT2D eigenvalue weighted by atomic mass is 9.88. The maximum Gasteiger partial charge on any atom is 0.251 e. The van der Waals surface area contributed by atoms with Crippen LogP contribution in [0.5, 0.6) is 0 Å². The van der Waals surface area contributed by atoms with Crippen molar-refractivity contribution in [3.63, 3.8) is 0 Å². The number of ether oxygens (including phenoxy) is 1. The lowest BCUT2D eigenvalue weighted by Crippen LogP contribution is -2.35. The average Bonchev–Trinajstić information content (AvgIpc) is 3.45. The number of hydrazine groups is 1. The van der Waals surface area contributed by atoms with E-state index in [0.717, 1.165) is 42.8 Å². The smallest absolute Gasteiger partial charge is 0.251 e. The standard InChI is InChI=1S/C24H28N4O3/c1-2-15-5-8-17(9-6-15)28-24(30)20-14-25-21-10-7-16(12-19(21)22(20)27-28)23(29)26-13-18-4-3-11-31-18/h5-10,12,18,20,22,25,27H,2-4,11,13-14H2,1H3,(H,26,29). The molecule has 2 saturated heterocycles. The maximum absolute atomic E-state index is 13.1. The monoisotopic (exact) mass is 420 g/mol. The minimum absolute atomic E-state index is 0.0423. The summed E-state index contributed by atoms with van der Waals surface area (Å²) < 4.78 is 5.59. The first-order chi connectivity index (χ1) is 15.1. The number of hydrogen-bond acceptors (Lipinski definition) is 5. The van der Waals surface area contributed by atoms with Crippen molar-refractivity contribution in [2.75, 3.05) is 30.0 Å². The van der Waals surface area contributed by atoms with Crippen LogP contribution < -0.4 is 21.1 Å². The van der Waals surface area contributed by atoms with E-state index in [1.54, 1.807) is 5.01 Å². The molecule has 2 aromatic rings. The van der Waals surface area contributed by atoms with E-state index in [9.17, 15) is 9.59 Å². The molecular formula is C24H28N4O3. The summed E-state index contributed by atoms with van der Waals surface area (Å²) in [6, 6.07) is 13.5. The van der Waals surface area contributed by atoms with Crippen molar-refractivity contribution in [2.24, 2.45) is 5.92 Å². The molecule has 2 aromatic carbocycles. The Bertz CT molecular complexity index is 985. The third-order valence-electron chi connectivity index (χ3n) is 6.49. The van der Waals surface area contributed by atoms with Gasteiger partial charge in [0.1, 0.15) is 0 Å². The molecule has 3 heterocycles. The summed E-state index contributed by atoms with van der Waals surface area (Å²) in [6.07, 6.45) is 3.10. The van der Waals surface area contributed by atoms with Crippen molar-refractivity contribution in [1.29, 1.82) is 0 Å². The molecule has 0 radical (unpaired) electrons. The van der Waals surface area contributed by atoms with Crippen molar-refractivity contribution in [3.8, 4) is 0 Å². The minimum Gasteiger partial charge on any atom is -0.384 e. The van der Waals surface area contributed by atoms with E-state index in [1.807, 2.05) is 30.3 Å². The van der Waals surface area contributed by atoms with Gasteiger partial charge in [-0.15, -0.1) is 0 Å². The summed E-state index contributed by atoms with van der Waals surface area (Å²) in [4.78, 5) is 25.8. The first-order valence-electron chi connectivity index (χ1n) is 11.1. The fourth-order valence-corrected chi connectivity index (χ4v) is 4.63. The Kier molecular flexibility index (Phi) is 5.38. The maximum atomic E-state index is 13.1. The molecule has 7 heteroatoms. The van der Waals surface area contributed by atoms with Gasteiger partial charge in [-0.2, -0.15) is 0 Å². The van der Waals surface area contributed by atoms with Crippen LogP contribution in [-0.4, -0.2) is 37.6 Å². The highest BCUT2D eigenvalue weighted by Crippen LogP contribution is 2.40. The number of nitrogens with zero attached hydrogens (tertiary/aromatic N) is 1. The van der Waals surface area contributed by atoms with Gasteiger partial charge in [0.05, 0.1) is 23.8 Å². The summed E-state index contributed by atoms with van der Waals surface area (Å²) in [7, 11) is 0. The molecular weight excluding hydrogens is 392 g/mol. The van der Waals surface area contributed by atoms with E-state index in [2.05, 4.69) is 35.1 Å². The van der Waals surface area contributed by atoms with Crippen LogP contribution in [0.1, 0.15) is 47.3 Å². The molecule has 2 amide bonds. The van der Waals surface area contributed by atoms with Gasteiger partial charge in [-0.1, -0.05) is 19.1 Å². The SMILES string of the molecule is CCc1ccc(N2NC3c4cc(C(=O)NCC5CCCO5)ccc4NCC3C2=O)cc1.